The van der Waals surface area contributed by atoms with E-state index in [0.717, 1.165) is 5.56 Å². The molecule has 0 aliphatic carbocycles. The van der Waals surface area contributed by atoms with Gasteiger partial charge in [0.05, 0.1) is 0 Å². The number of fused-ring (bicyclic) bond motifs is 3. The molecule has 9 heteroatoms. The Morgan fingerprint density at radius 2 is 1.84 bits per heavy atom. The monoisotopic (exact) mass is 447 g/mol. The first kappa shape index (κ1) is 23.1. The number of rotatable bonds is 7. The van der Waals surface area contributed by atoms with Crippen LogP contribution in [0.1, 0.15) is 62.3 Å². The molecular formula is C22H29N3O5S. The highest BCUT2D eigenvalue weighted by Crippen LogP contribution is 2.56. The minimum Gasteiger partial charge on any atom is -0.480 e. The third kappa shape index (κ3) is 4.15. The maximum Gasteiger partial charge on any atom is 0.325 e. The summed E-state index contributed by atoms with van der Waals surface area (Å²) in [6.07, 6.45) is 0.610. The topological polar surface area (TPSA) is 116 Å². The van der Waals surface area contributed by atoms with Gasteiger partial charge in [-0.05, 0) is 38.3 Å². The van der Waals surface area contributed by atoms with E-state index in [4.69, 9.17) is 5.11 Å². The fourth-order valence-corrected chi connectivity index (χ4v) is 5.69. The number of hydrogen-bond acceptors (Lipinski definition) is 5. The summed E-state index contributed by atoms with van der Waals surface area (Å²) >= 11 is 1.55. The molecule has 1 aromatic carbocycles. The van der Waals surface area contributed by atoms with Crippen molar-refractivity contribution in [2.75, 3.05) is 0 Å². The van der Waals surface area contributed by atoms with Crippen molar-refractivity contribution in [3.05, 3.63) is 35.4 Å². The number of thioether (sulfide) groups is 1. The van der Waals surface area contributed by atoms with E-state index in [2.05, 4.69) is 10.6 Å². The largest absolute Gasteiger partial charge is 0.480 e. The molecule has 2 heterocycles. The molecule has 0 radical (unpaired) electrons. The lowest BCUT2D eigenvalue weighted by Crippen LogP contribution is -2.59. The lowest BCUT2D eigenvalue weighted by Gasteiger charge is -2.32. The number of nitrogens with zero attached hydrogens (tertiary/aromatic N) is 1. The number of carbonyl (C=O) groups excluding carboxylic acids is 3. The molecule has 3 N–H and O–H groups in total. The van der Waals surface area contributed by atoms with E-state index >= 15 is 0 Å². The van der Waals surface area contributed by atoms with Crippen molar-refractivity contribution in [2.24, 2.45) is 5.92 Å². The van der Waals surface area contributed by atoms with Gasteiger partial charge in [-0.15, -0.1) is 11.8 Å². The highest BCUT2D eigenvalue weighted by Gasteiger charge is 2.57. The Hall–Kier alpha value is -2.55. The Balaban J connectivity index is 1.85. The molecule has 0 saturated carbocycles. The summed E-state index contributed by atoms with van der Waals surface area (Å²) in [5.41, 5.74) is 1.49. The summed E-state index contributed by atoms with van der Waals surface area (Å²) in [5.74, 6) is -2.52. The lowest BCUT2D eigenvalue weighted by atomic mass is 9.95. The van der Waals surface area contributed by atoms with E-state index in [-0.39, 0.29) is 17.2 Å². The van der Waals surface area contributed by atoms with Gasteiger partial charge >= 0.3 is 5.97 Å². The van der Waals surface area contributed by atoms with Crippen molar-refractivity contribution in [1.29, 1.82) is 0 Å². The van der Waals surface area contributed by atoms with Crippen molar-refractivity contribution < 1.29 is 24.3 Å². The van der Waals surface area contributed by atoms with Crippen LogP contribution in [0, 0.1) is 5.92 Å². The second kappa shape index (κ2) is 8.53. The van der Waals surface area contributed by atoms with Crippen molar-refractivity contribution in [1.82, 2.24) is 15.5 Å². The quantitative estimate of drug-likeness (QED) is 0.590. The van der Waals surface area contributed by atoms with Crippen LogP contribution in [0.3, 0.4) is 0 Å². The molecule has 1 saturated heterocycles. The molecule has 1 aromatic rings. The van der Waals surface area contributed by atoms with Crippen molar-refractivity contribution >= 4 is 35.5 Å². The Bertz CT molecular complexity index is 918. The Labute approximate surface area is 186 Å². The van der Waals surface area contributed by atoms with Gasteiger partial charge in [0, 0.05) is 10.3 Å². The molecule has 0 bridgehead atoms. The minimum absolute atomic E-state index is 0.192. The van der Waals surface area contributed by atoms with Gasteiger partial charge in [-0.3, -0.25) is 19.2 Å². The molecule has 168 valence electrons. The molecule has 0 unspecified atom stereocenters. The van der Waals surface area contributed by atoms with Crippen LogP contribution in [-0.2, 0) is 14.4 Å². The average molecular weight is 448 g/mol. The van der Waals surface area contributed by atoms with Gasteiger partial charge < -0.3 is 20.6 Å². The van der Waals surface area contributed by atoms with Crippen LogP contribution in [0.5, 0.6) is 0 Å². The van der Waals surface area contributed by atoms with Gasteiger partial charge in [-0.2, -0.15) is 0 Å². The number of hydrogen-bond donors (Lipinski definition) is 3. The lowest BCUT2D eigenvalue weighted by molar-refractivity contribution is -0.142. The van der Waals surface area contributed by atoms with Gasteiger partial charge in [0.15, 0.2) is 0 Å². The molecule has 2 aliphatic rings. The van der Waals surface area contributed by atoms with Crippen LogP contribution in [0.25, 0.3) is 0 Å². The molecular weight excluding hydrogens is 418 g/mol. The third-order valence-electron chi connectivity index (χ3n) is 6.07. The summed E-state index contributed by atoms with van der Waals surface area (Å²) < 4.78 is -0.567. The van der Waals surface area contributed by atoms with Crippen LogP contribution >= 0.6 is 11.8 Å². The first-order chi connectivity index (χ1) is 14.5. The van der Waals surface area contributed by atoms with Crippen LogP contribution < -0.4 is 10.6 Å². The Kier molecular flexibility index (Phi) is 6.36. The molecule has 31 heavy (non-hydrogen) atoms. The number of benzene rings is 1. The summed E-state index contributed by atoms with van der Waals surface area (Å²) in [4.78, 5) is 52.0. The van der Waals surface area contributed by atoms with Gasteiger partial charge in [-0.1, -0.05) is 38.5 Å². The number of nitrogens with one attached hydrogen (secondary N) is 2. The van der Waals surface area contributed by atoms with E-state index in [1.165, 1.54) is 6.92 Å². The fraction of sp³-hybridized carbons (Fsp3) is 0.545. The van der Waals surface area contributed by atoms with E-state index < -0.39 is 40.7 Å². The smallest absolute Gasteiger partial charge is 0.325 e. The molecule has 3 amide bonds. The van der Waals surface area contributed by atoms with E-state index in [0.29, 0.717) is 12.0 Å². The Morgan fingerprint density at radius 1 is 1.19 bits per heavy atom. The zero-order valence-electron chi connectivity index (χ0n) is 18.3. The van der Waals surface area contributed by atoms with Crippen LogP contribution in [0.2, 0.25) is 0 Å². The highest BCUT2D eigenvalue weighted by atomic mass is 32.2. The van der Waals surface area contributed by atoms with E-state index in [1.807, 2.05) is 39.8 Å². The van der Waals surface area contributed by atoms with Crippen molar-refractivity contribution in [3.63, 3.8) is 0 Å². The van der Waals surface area contributed by atoms with E-state index in [9.17, 15) is 19.2 Å². The summed E-state index contributed by atoms with van der Waals surface area (Å²) in [6, 6.07) is 4.61. The van der Waals surface area contributed by atoms with Gasteiger partial charge in [0.2, 0.25) is 11.8 Å². The minimum atomic E-state index is -1.15. The Morgan fingerprint density at radius 3 is 2.45 bits per heavy atom. The molecule has 0 aromatic heterocycles. The molecule has 2 aliphatic heterocycles. The standard InChI is InChI=1S/C22H29N3O5S/c1-6-11(2)15(17(26)23-12(3)21(29)30)24-18(27)16-22(4,5)31-20-14-10-8-7-9-13(14)19(28)25(16)20/h7-12,15-16,20H,6H2,1-5H3,(H,23,26)(H,24,27)(H,29,30)/t11-,12-,15+,16-,20+/m1/s1. The SMILES string of the molecule is CC[C@@H](C)[C@H](NC(=O)[C@H]1N2C(=O)c3ccccc3[C@@H]2SC1(C)C)C(=O)N[C@H](C)C(=O)O. The maximum atomic E-state index is 13.4. The normalized spacial score (nSPS) is 24.0. The highest BCUT2D eigenvalue weighted by molar-refractivity contribution is 8.01. The molecule has 3 rings (SSSR count). The number of carboxylic acids is 1. The first-order valence-electron chi connectivity index (χ1n) is 10.4. The molecule has 1 fully saturated rings. The van der Waals surface area contributed by atoms with Crippen molar-refractivity contribution in [3.8, 4) is 0 Å². The third-order valence-corrected chi connectivity index (χ3v) is 7.60. The van der Waals surface area contributed by atoms with Crippen LogP contribution in [0.4, 0.5) is 0 Å². The fourth-order valence-electron chi connectivity index (χ4n) is 4.10. The van der Waals surface area contributed by atoms with Crippen LogP contribution in [-0.4, -0.2) is 56.6 Å². The number of carboxylic acid groups (broad SMARTS) is 1. The van der Waals surface area contributed by atoms with Gasteiger partial charge in [-0.25, -0.2) is 0 Å². The van der Waals surface area contributed by atoms with Gasteiger partial charge in [0.25, 0.3) is 5.91 Å². The molecule has 5 atom stereocenters. The molecule has 8 nitrogen and oxygen atoms in total. The van der Waals surface area contributed by atoms with Crippen molar-refractivity contribution in [2.45, 2.75) is 69.3 Å². The zero-order chi connectivity index (χ0) is 23.1. The van der Waals surface area contributed by atoms with Crippen LogP contribution in [0.15, 0.2) is 24.3 Å². The number of carbonyl (C=O) groups is 4. The predicted molar refractivity (Wildman–Crippen MR) is 117 cm³/mol. The second-order valence-corrected chi connectivity index (χ2v) is 10.5. The summed E-state index contributed by atoms with van der Waals surface area (Å²) in [7, 11) is 0. The summed E-state index contributed by atoms with van der Waals surface area (Å²) in [5, 5.41) is 14.1. The average Bonchev–Trinajstić information content (AvgIpc) is 3.14. The predicted octanol–water partition coefficient (Wildman–Crippen LogP) is 2.16. The van der Waals surface area contributed by atoms with E-state index in [1.54, 1.807) is 28.8 Å². The van der Waals surface area contributed by atoms with Gasteiger partial charge in [0.1, 0.15) is 23.5 Å². The zero-order valence-corrected chi connectivity index (χ0v) is 19.2. The first-order valence-corrected chi connectivity index (χ1v) is 11.3. The maximum absolute atomic E-state index is 13.4. The number of aliphatic carboxylic acids is 1. The molecule has 0 spiro atoms. The summed E-state index contributed by atoms with van der Waals surface area (Å²) in [6.45, 7) is 8.92. The second-order valence-electron chi connectivity index (χ2n) is 8.72. The number of amides is 3.